The van der Waals surface area contributed by atoms with E-state index in [9.17, 15) is 18.4 Å². The third-order valence-electron chi connectivity index (χ3n) is 4.66. The molecule has 1 unspecified atom stereocenters. The molecule has 2 N–H and O–H groups in total. The first-order valence-electron chi connectivity index (χ1n) is 9.71. The van der Waals surface area contributed by atoms with Crippen molar-refractivity contribution in [2.24, 2.45) is 5.92 Å². The minimum atomic E-state index is -2.58. The molecule has 2 aromatic rings. The van der Waals surface area contributed by atoms with Gasteiger partial charge >= 0.3 is 0 Å². The maximum Gasteiger partial charge on any atom is 0.272 e. The van der Waals surface area contributed by atoms with Gasteiger partial charge in [0.25, 0.3) is 12.3 Å². The highest BCUT2D eigenvalue weighted by Gasteiger charge is 2.30. The third kappa shape index (κ3) is 5.71. The Kier molecular flexibility index (Phi) is 6.59. The zero-order chi connectivity index (χ0) is 21.8. The lowest BCUT2D eigenvalue weighted by atomic mass is 10.1. The summed E-state index contributed by atoms with van der Waals surface area (Å²) in [5, 5.41) is 5.62. The van der Waals surface area contributed by atoms with E-state index in [0.29, 0.717) is 28.2 Å². The Hall–Kier alpha value is -3.10. The Morgan fingerprint density at radius 2 is 1.97 bits per heavy atom. The van der Waals surface area contributed by atoms with Crippen molar-refractivity contribution in [3.63, 3.8) is 0 Å². The van der Waals surface area contributed by atoms with Crippen molar-refractivity contribution >= 4 is 17.6 Å². The van der Waals surface area contributed by atoms with Gasteiger partial charge in [-0.15, -0.1) is 0 Å². The number of nitrogens with one attached hydrogen (secondary N) is 2. The zero-order valence-electron chi connectivity index (χ0n) is 17.0. The van der Waals surface area contributed by atoms with Gasteiger partial charge in [0.15, 0.2) is 6.61 Å². The molecule has 2 aromatic heterocycles. The number of carbonyl (C=O) groups is 2. The summed E-state index contributed by atoms with van der Waals surface area (Å²) in [7, 11) is 0. The standard InChI is InChI=1S/C21H24F2N4O3/c1-11-6-16(9-24-21(11)30-10-17(22)23)13(3)26-20(29)15-7-12(2)25-18(8-15)27-19(28)14-4-5-14/h6-9,13-14,17H,4-5,10H2,1-3H3,(H,26,29)(H,25,27,28). The fourth-order valence-electron chi connectivity index (χ4n) is 2.91. The van der Waals surface area contributed by atoms with Gasteiger partial charge in [0.1, 0.15) is 5.82 Å². The summed E-state index contributed by atoms with van der Waals surface area (Å²) >= 11 is 0. The van der Waals surface area contributed by atoms with E-state index in [4.69, 9.17) is 4.74 Å². The molecule has 0 aromatic carbocycles. The van der Waals surface area contributed by atoms with Crippen LogP contribution in [0.2, 0.25) is 0 Å². The highest BCUT2D eigenvalue weighted by molar-refractivity contribution is 5.97. The Morgan fingerprint density at radius 3 is 2.60 bits per heavy atom. The molecule has 0 spiro atoms. The Bertz CT molecular complexity index is 948. The Morgan fingerprint density at radius 1 is 1.23 bits per heavy atom. The molecule has 2 heterocycles. The Balaban J connectivity index is 1.67. The molecule has 30 heavy (non-hydrogen) atoms. The number of ether oxygens (including phenoxy) is 1. The summed E-state index contributed by atoms with van der Waals surface area (Å²) in [6.45, 7) is 4.52. The van der Waals surface area contributed by atoms with Crippen LogP contribution in [0.15, 0.2) is 24.4 Å². The van der Waals surface area contributed by atoms with Gasteiger partial charge in [-0.05, 0) is 57.4 Å². The average molecular weight is 418 g/mol. The second kappa shape index (κ2) is 9.15. The summed E-state index contributed by atoms with van der Waals surface area (Å²) in [5.74, 6) is 0.114. The van der Waals surface area contributed by atoms with Crippen LogP contribution in [-0.4, -0.2) is 34.8 Å². The molecule has 3 rings (SSSR count). The SMILES string of the molecule is Cc1cc(C(=O)NC(C)c2cnc(OCC(F)F)c(C)c2)cc(NC(=O)C2CC2)n1. The average Bonchev–Trinajstić information content (AvgIpc) is 3.51. The number of amides is 2. The van der Waals surface area contributed by atoms with Crippen LogP contribution in [0.4, 0.5) is 14.6 Å². The lowest BCUT2D eigenvalue weighted by molar-refractivity contribution is -0.117. The van der Waals surface area contributed by atoms with E-state index in [1.165, 1.54) is 6.20 Å². The first-order chi connectivity index (χ1) is 14.2. The zero-order valence-corrected chi connectivity index (χ0v) is 17.0. The molecule has 0 aliphatic heterocycles. The molecular formula is C21H24F2N4O3. The van der Waals surface area contributed by atoms with Crippen molar-refractivity contribution in [2.75, 3.05) is 11.9 Å². The number of hydrogen-bond acceptors (Lipinski definition) is 5. The van der Waals surface area contributed by atoms with Gasteiger partial charge in [0.2, 0.25) is 11.8 Å². The van der Waals surface area contributed by atoms with Gasteiger partial charge < -0.3 is 15.4 Å². The molecule has 2 amide bonds. The summed E-state index contributed by atoms with van der Waals surface area (Å²) in [6.07, 6.45) is 0.661. The van der Waals surface area contributed by atoms with Crippen molar-refractivity contribution in [1.29, 1.82) is 0 Å². The van der Waals surface area contributed by atoms with Crippen molar-refractivity contribution in [2.45, 2.75) is 46.1 Å². The molecule has 0 saturated heterocycles. The molecule has 1 fully saturated rings. The van der Waals surface area contributed by atoms with Crippen molar-refractivity contribution in [1.82, 2.24) is 15.3 Å². The lowest BCUT2D eigenvalue weighted by Crippen LogP contribution is -2.27. The van der Waals surface area contributed by atoms with Gasteiger partial charge in [0.05, 0.1) is 6.04 Å². The Labute approximate surface area is 173 Å². The fourth-order valence-corrected chi connectivity index (χ4v) is 2.91. The minimum Gasteiger partial charge on any atom is -0.471 e. The summed E-state index contributed by atoms with van der Waals surface area (Å²) < 4.78 is 29.6. The van der Waals surface area contributed by atoms with Crippen molar-refractivity contribution < 1.29 is 23.1 Å². The van der Waals surface area contributed by atoms with Gasteiger partial charge in [-0.2, -0.15) is 0 Å². The van der Waals surface area contributed by atoms with Crippen LogP contribution >= 0.6 is 0 Å². The number of carbonyl (C=O) groups excluding carboxylic acids is 2. The second-order valence-corrected chi connectivity index (χ2v) is 7.43. The number of halogens is 2. The summed E-state index contributed by atoms with van der Waals surface area (Å²) in [5.41, 5.74) is 2.29. The molecule has 1 aliphatic carbocycles. The van der Waals surface area contributed by atoms with Crippen molar-refractivity contribution in [3.8, 4) is 5.88 Å². The number of rotatable bonds is 8. The fraction of sp³-hybridized carbons (Fsp3) is 0.429. The van der Waals surface area contributed by atoms with E-state index in [-0.39, 0.29) is 29.7 Å². The van der Waals surface area contributed by atoms with Crippen LogP contribution in [0.1, 0.15) is 53.0 Å². The summed E-state index contributed by atoms with van der Waals surface area (Å²) in [6, 6.07) is 4.53. The number of anilines is 1. The topological polar surface area (TPSA) is 93.2 Å². The normalized spacial score (nSPS) is 14.3. The predicted octanol–water partition coefficient (Wildman–Crippen LogP) is 3.58. The van der Waals surface area contributed by atoms with Crippen LogP contribution in [0, 0.1) is 19.8 Å². The molecule has 1 saturated carbocycles. The first kappa shape index (κ1) is 21.6. The third-order valence-corrected chi connectivity index (χ3v) is 4.66. The number of aryl methyl sites for hydroxylation is 2. The van der Waals surface area contributed by atoms with Gasteiger partial charge in [-0.25, -0.2) is 18.7 Å². The number of alkyl halides is 2. The number of nitrogens with zero attached hydrogens (tertiary/aromatic N) is 2. The van der Waals surface area contributed by atoms with Crippen LogP contribution in [0.25, 0.3) is 0 Å². The number of aromatic nitrogens is 2. The summed E-state index contributed by atoms with van der Waals surface area (Å²) in [4.78, 5) is 33.0. The molecule has 9 heteroatoms. The molecule has 160 valence electrons. The highest BCUT2D eigenvalue weighted by Crippen LogP contribution is 2.30. The van der Waals surface area contributed by atoms with E-state index >= 15 is 0 Å². The van der Waals surface area contributed by atoms with Crippen LogP contribution in [0.3, 0.4) is 0 Å². The molecule has 1 aliphatic rings. The van der Waals surface area contributed by atoms with Gasteiger partial charge in [-0.3, -0.25) is 9.59 Å². The van der Waals surface area contributed by atoms with E-state index in [2.05, 4.69) is 20.6 Å². The largest absolute Gasteiger partial charge is 0.471 e. The predicted molar refractivity (Wildman–Crippen MR) is 107 cm³/mol. The number of pyridine rings is 2. The van der Waals surface area contributed by atoms with Crippen LogP contribution in [0.5, 0.6) is 5.88 Å². The quantitative estimate of drug-likeness (QED) is 0.684. The smallest absolute Gasteiger partial charge is 0.272 e. The highest BCUT2D eigenvalue weighted by atomic mass is 19.3. The van der Waals surface area contributed by atoms with E-state index in [0.717, 1.165) is 12.8 Å². The van der Waals surface area contributed by atoms with E-state index in [1.54, 1.807) is 39.0 Å². The lowest BCUT2D eigenvalue weighted by Gasteiger charge is -2.16. The van der Waals surface area contributed by atoms with Crippen LogP contribution < -0.4 is 15.4 Å². The molecule has 7 nitrogen and oxygen atoms in total. The minimum absolute atomic E-state index is 0.0352. The van der Waals surface area contributed by atoms with Crippen molar-refractivity contribution in [3.05, 3.63) is 46.8 Å². The maximum atomic E-state index is 12.7. The maximum absolute atomic E-state index is 12.7. The van der Waals surface area contributed by atoms with Gasteiger partial charge in [0, 0.05) is 28.9 Å². The van der Waals surface area contributed by atoms with Crippen LogP contribution in [-0.2, 0) is 4.79 Å². The monoisotopic (exact) mass is 418 g/mol. The molecule has 0 bridgehead atoms. The van der Waals surface area contributed by atoms with E-state index < -0.39 is 13.0 Å². The molecular weight excluding hydrogens is 394 g/mol. The first-order valence-corrected chi connectivity index (χ1v) is 9.71. The van der Waals surface area contributed by atoms with Gasteiger partial charge in [-0.1, -0.05) is 0 Å². The number of hydrogen-bond donors (Lipinski definition) is 2. The van der Waals surface area contributed by atoms with E-state index in [1.807, 2.05) is 0 Å². The molecule has 0 radical (unpaired) electrons. The second-order valence-electron chi connectivity index (χ2n) is 7.43. The molecule has 1 atom stereocenters.